The number of nitrogens with zero attached hydrogens (tertiary/aromatic N) is 2. The van der Waals surface area contributed by atoms with Gasteiger partial charge in [-0.1, -0.05) is 0 Å². The minimum atomic E-state index is -4.56. The number of hydrogen-bond acceptors (Lipinski definition) is 4. The van der Waals surface area contributed by atoms with Gasteiger partial charge in [0.05, 0.1) is 17.8 Å². The van der Waals surface area contributed by atoms with E-state index in [1.165, 1.54) is 22.5 Å². The highest BCUT2D eigenvalue weighted by Crippen LogP contribution is 2.35. The minimum absolute atomic E-state index is 0.381. The Kier molecular flexibility index (Phi) is 3.46. The van der Waals surface area contributed by atoms with Crippen molar-refractivity contribution in [2.45, 2.75) is 12.2 Å². The summed E-state index contributed by atoms with van der Waals surface area (Å²) in [5, 5.41) is 5.91. The summed E-state index contributed by atoms with van der Waals surface area (Å²) in [5.41, 5.74) is 4.73. The van der Waals surface area contributed by atoms with Crippen molar-refractivity contribution in [1.82, 2.24) is 9.78 Å². The van der Waals surface area contributed by atoms with Crippen LogP contribution in [0.15, 0.2) is 23.2 Å². The van der Waals surface area contributed by atoms with Gasteiger partial charge in [0.1, 0.15) is 0 Å². The molecule has 19 heavy (non-hydrogen) atoms. The van der Waals surface area contributed by atoms with Gasteiger partial charge in [0.25, 0.3) is 0 Å². The molecule has 0 aliphatic carbocycles. The summed E-state index contributed by atoms with van der Waals surface area (Å²) < 4.78 is 39.6. The van der Waals surface area contributed by atoms with E-state index in [-0.39, 0.29) is 0 Å². The summed E-state index contributed by atoms with van der Waals surface area (Å²) >= 11 is 0.822. The van der Waals surface area contributed by atoms with Crippen LogP contribution in [0.4, 0.5) is 13.2 Å². The fourth-order valence-corrected chi connectivity index (χ4v) is 2.47. The molecule has 0 saturated heterocycles. The Labute approximate surface area is 110 Å². The second kappa shape index (κ2) is 4.78. The molecule has 0 spiro atoms. The van der Waals surface area contributed by atoms with E-state index in [1.807, 2.05) is 0 Å². The van der Waals surface area contributed by atoms with Crippen molar-refractivity contribution in [3.63, 3.8) is 0 Å². The zero-order valence-electron chi connectivity index (χ0n) is 9.81. The first-order chi connectivity index (χ1) is 8.80. The molecule has 2 aromatic heterocycles. The smallest absolute Gasteiger partial charge is 0.317 e. The summed E-state index contributed by atoms with van der Waals surface area (Å²) in [6.07, 6.45) is -1.69. The third kappa shape index (κ3) is 2.69. The largest absolute Gasteiger partial charge is 0.417 e. The fourth-order valence-electron chi connectivity index (χ4n) is 1.63. The maximum absolute atomic E-state index is 12.7. The second-order valence-corrected chi connectivity index (χ2v) is 4.73. The Morgan fingerprint density at radius 3 is 2.68 bits per heavy atom. The van der Waals surface area contributed by atoms with E-state index in [4.69, 9.17) is 5.73 Å². The summed E-state index contributed by atoms with van der Waals surface area (Å²) in [6.45, 7) is 0. The molecule has 1 unspecified atom stereocenters. The molecule has 0 fully saturated rings. The molecule has 1 atom stereocenters. The van der Waals surface area contributed by atoms with E-state index >= 15 is 0 Å². The van der Waals surface area contributed by atoms with Crippen LogP contribution in [-0.4, -0.2) is 15.6 Å². The number of hydrogen-bond donors (Lipinski definition) is 1. The van der Waals surface area contributed by atoms with Crippen LogP contribution >= 0.6 is 11.3 Å². The van der Waals surface area contributed by atoms with Gasteiger partial charge in [-0.2, -0.15) is 29.6 Å². The monoisotopic (exact) mass is 289 g/mol. The normalized spacial score (nSPS) is 13.5. The van der Waals surface area contributed by atoms with Gasteiger partial charge in [0.15, 0.2) is 5.78 Å². The zero-order chi connectivity index (χ0) is 14.2. The molecule has 0 aromatic carbocycles. The molecule has 0 bridgehead atoms. The Balaban J connectivity index is 2.33. The quantitative estimate of drug-likeness (QED) is 0.882. The minimum Gasteiger partial charge on any atom is -0.317 e. The lowest BCUT2D eigenvalue weighted by atomic mass is 10.00. The molecule has 0 aliphatic rings. The molecule has 2 heterocycles. The van der Waals surface area contributed by atoms with E-state index in [9.17, 15) is 18.0 Å². The lowest BCUT2D eigenvalue weighted by Gasteiger charge is -2.11. The molecule has 2 rings (SSSR count). The van der Waals surface area contributed by atoms with Crippen LogP contribution in [0.1, 0.15) is 27.5 Å². The molecule has 2 aromatic rings. The average Bonchev–Trinajstić information content (AvgIpc) is 2.94. The Hall–Kier alpha value is -1.67. The molecule has 0 amide bonds. The summed E-state index contributed by atoms with van der Waals surface area (Å²) in [6, 6.07) is -1.15. The number of thiophene rings is 1. The van der Waals surface area contributed by atoms with Gasteiger partial charge in [-0.15, -0.1) is 0 Å². The number of carbonyl (C=O) groups excluding carboxylic acids is 1. The predicted octanol–water partition coefficient (Wildman–Crippen LogP) is 2.38. The SMILES string of the molecule is Cn1cc(C(N)C(=O)c2cscc2C(F)(F)F)cn1. The van der Waals surface area contributed by atoms with E-state index in [1.54, 1.807) is 7.05 Å². The number of aryl methyl sites for hydroxylation is 1. The molecule has 8 heteroatoms. The van der Waals surface area contributed by atoms with E-state index in [2.05, 4.69) is 5.10 Å². The molecule has 0 saturated carbocycles. The average molecular weight is 289 g/mol. The number of nitrogens with two attached hydrogens (primary N) is 1. The maximum Gasteiger partial charge on any atom is 0.417 e. The van der Waals surface area contributed by atoms with Crippen molar-refractivity contribution in [1.29, 1.82) is 0 Å². The zero-order valence-corrected chi connectivity index (χ0v) is 10.6. The first kappa shape index (κ1) is 13.8. The number of ketones is 1. The van der Waals surface area contributed by atoms with Crippen LogP contribution in [0.25, 0.3) is 0 Å². The van der Waals surface area contributed by atoms with Crippen molar-refractivity contribution in [2.75, 3.05) is 0 Å². The molecular formula is C11H10F3N3OS. The van der Waals surface area contributed by atoms with Crippen molar-refractivity contribution in [2.24, 2.45) is 12.8 Å². The molecule has 0 radical (unpaired) electrons. The molecule has 4 nitrogen and oxygen atoms in total. The summed E-state index contributed by atoms with van der Waals surface area (Å²) in [7, 11) is 1.63. The van der Waals surface area contributed by atoms with Gasteiger partial charge in [-0.05, 0) is 0 Å². The first-order valence-corrected chi connectivity index (χ1v) is 6.16. The number of halogens is 3. The van der Waals surface area contributed by atoms with Crippen LogP contribution in [0, 0.1) is 0 Å². The van der Waals surface area contributed by atoms with Crippen LogP contribution in [-0.2, 0) is 13.2 Å². The van der Waals surface area contributed by atoms with Gasteiger partial charge in [0.2, 0.25) is 0 Å². The predicted molar refractivity (Wildman–Crippen MR) is 63.8 cm³/mol. The van der Waals surface area contributed by atoms with Gasteiger partial charge < -0.3 is 5.73 Å². The Morgan fingerprint density at radius 1 is 1.47 bits per heavy atom. The third-order valence-corrected chi connectivity index (χ3v) is 3.34. The van der Waals surface area contributed by atoms with Gasteiger partial charge in [-0.25, -0.2) is 0 Å². The standard InChI is InChI=1S/C11H10F3N3OS/c1-17-3-6(2-16-17)9(15)10(18)7-4-19-5-8(7)11(12,13)14/h2-5,9H,15H2,1H3. The van der Waals surface area contributed by atoms with Gasteiger partial charge in [0, 0.05) is 35.1 Å². The van der Waals surface area contributed by atoms with Crippen LogP contribution in [0.3, 0.4) is 0 Å². The fraction of sp³-hybridized carbons (Fsp3) is 0.273. The Bertz CT molecular complexity index is 602. The highest BCUT2D eigenvalue weighted by molar-refractivity contribution is 7.08. The number of carbonyl (C=O) groups is 1. The van der Waals surface area contributed by atoms with E-state index in [0.717, 1.165) is 16.7 Å². The highest BCUT2D eigenvalue weighted by atomic mass is 32.1. The molecule has 0 aliphatic heterocycles. The number of alkyl halides is 3. The van der Waals surface area contributed by atoms with Crippen molar-refractivity contribution in [3.05, 3.63) is 39.8 Å². The van der Waals surface area contributed by atoms with Crippen LogP contribution in [0.2, 0.25) is 0 Å². The lowest BCUT2D eigenvalue weighted by Crippen LogP contribution is -2.23. The summed E-state index contributed by atoms with van der Waals surface area (Å²) in [5.74, 6) is -0.762. The number of rotatable bonds is 3. The van der Waals surface area contributed by atoms with Crippen molar-refractivity contribution < 1.29 is 18.0 Å². The Morgan fingerprint density at radius 2 is 2.16 bits per heavy atom. The van der Waals surface area contributed by atoms with Gasteiger partial charge >= 0.3 is 6.18 Å². The molecule has 2 N–H and O–H groups in total. The third-order valence-electron chi connectivity index (χ3n) is 2.60. The number of Topliss-reactive ketones (excluding diaryl/α,β-unsaturated/α-hetero) is 1. The van der Waals surface area contributed by atoms with Crippen molar-refractivity contribution >= 4 is 17.1 Å². The molecular weight excluding hydrogens is 279 g/mol. The van der Waals surface area contributed by atoms with E-state index in [0.29, 0.717) is 5.56 Å². The van der Waals surface area contributed by atoms with Crippen molar-refractivity contribution in [3.8, 4) is 0 Å². The first-order valence-electron chi connectivity index (χ1n) is 5.22. The summed E-state index contributed by atoms with van der Waals surface area (Å²) in [4.78, 5) is 12.0. The number of aromatic nitrogens is 2. The molecule has 102 valence electrons. The second-order valence-electron chi connectivity index (χ2n) is 3.99. The van der Waals surface area contributed by atoms with Crippen LogP contribution in [0.5, 0.6) is 0 Å². The highest BCUT2D eigenvalue weighted by Gasteiger charge is 2.37. The maximum atomic E-state index is 12.7. The van der Waals surface area contributed by atoms with Crippen LogP contribution < -0.4 is 5.73 Å². The topological polar surface area (TPSA) is 60.9 Å². The van der Waals surface area contributed by atoms with Gasteiger partial charge in [-0.3, -0.25) is 9.48 Å². The lowest BCUT2D eigenvalue weighted by molar-refractivity contribution is -0.137. The van der Waals surface area contributed by atoms with E-state index < -0.39 is 29.1 Å².